The summed E-state index contributed by atoms with van der Waals surface area (Å²) in [7, 11) is 0. The average Bonchev–Trinajstić information content (AvgIpc) is 3.28. The van der Waals surface area contributed by atoms with Crippen LogP contribution in [0.2, 0.25) is 15.3 Å². The van der Waals surface area contributed by atoms with Crippen LogP contribution in [-0.4, -0.2) is 29.5 Å². The second-order valence-corrected chi connectivity index (χ2v) is 12.1. The molecule has 2 aromatic carbocycles. The van der Waals surface area contributed by atoms with Gasteiger partial charge in [-0.2, -0.15) is 0 Å². The van der Waals surface area contributed by atoms with E-state index in [1.807, 2.05) is 18.2 Å². The number of aromatic nitrogens is 6. The molecule has 1 saturated carbocycles. The first-order valence-electron chi connectivity index (χ1n) is 13.4. The number of nitrogens with one attached hydrogen (secondary N) is 2. The third kappa shape index (κ3) is 3.95. The van der Waals surface area contributed by atoms with Crippen LogP contribution >= 0.6 is 34.8 Å². The molecule has 8 rings (SSSR count). The number of nitrogens with zero attached hydrogens (tertiary/aromatic N) is 5. The van der Waals surface area contributed by atoms with Gasteiger partial charge in [-0.3, -0.25) is 4.79 Å². The summed E-state index contributed by atoms with van der Waals surface area (Å²) in [5, 5.41) is 12.1. The summed E-state index contributed by atoms with van der Waals surface area (Å²) >= 11 is 19.0. The quantitative estimate of drug-likeness (QED) is 0.222. The van der Waals surface area contributed by atoms with Crippen LogP contribution in [0.4, 0.5) is 10.1 Å². The van der Waals surface area contributed by atoms with Gasteiger partial charge in [0.25, 0.3) is 5.56 Å². The van der Waals surface area contributed by atoms with E-state index in [2.05, 4.69) is 27.2 Å². The largest absolute Gasteiger partial charge is 0.359 e. The van der Waals surface area contributed by atoms with E-state index in [0.29, 0.717) is 57.4 Å². The zero-order valence-electron chi connectivity index (χ0n) is 21.8. The molecular weight excluding hydrogens is 600 g/mol. The molecule has 3 atom stereocenters. The Morgan fingerprint density at radius 2 is 1.90 bits per heavy atom. The van der Waals surface area contributed by atoms with E-state index in [1.165, 1.54) is 0 Å². The molecule has 5 aromatic rings. The fraction of sp³-hybridized carbons (Fsp3) is 0.200. The van der Waals surface area contributed by atoms with Crippen LogP contribution in [0.15, 0.2) is 65.7 Å². The van der Waals surface area contributed by atoms with Gasteiger partial charge in [0.2, 0.25) is 0 Å². The third-order valence-electron chi connectivity index (χ3n) is 8.43. The Morgan fingerprint density at radius 3 is 2.71 bits per heavy atom. The van der Waals surface area contributed by atoms with Gasteiger partial charge in [-0.25, -0.2) is 14.1 Å². The number of allylic oxidation sites excluding steroid dienone is 1. The molecule has 3 aromatic heterocycles. The van der Waals surface area contributed by atoms with Crippen molar-refractivity contribution in [3.63, 3.8) is 0 Å². The minimum absolute atomic E-state index is 0.178. The lowest BCUT2D eigenvalue weighted by molar-refractivity contribution is 0.514. The highest BCUT2D eigenvalue weighted by Gasteiger charge is 2.54. The highest BCUT2D eigenvalue weighted by molar-refractivity contribution is 6.32. The number of hydrogen-bond donors (Lipinski definition) is 2. The van der Waals surface area contributed by atoms with Crippen LogP contribution in [-0.2, 0) is 6.42 Å². The number of rotatable bonds is 4. The summed E-state index contributed by atoms with van der Waals surface area (Å²) in [4.78, 5) is 21.7. The van der Waals surface area contributed by atoms with Crippen LogP contribution in [0.25, 0.3) is 28.1 Å². The number of imidazole rings is 1. The third-order valence-corrected chi connectivity index (χ3v) is 9.11. The topological polar surface area (TPSA) is 93.4 Å². The second-order valence-electron chi connectivity index (χ2n) is 10.9. The van der Waals surface area contributed by atoms with Crippen molar-refractivity contribution in [3.8, 4) is 28.1 Å². The first-order chi connectivity index (χ1) is 20.3. The molecular formula is C30H21Cl3FN7O. The van der Waals surface area contributed by atoms with Gasteiger partial charge >= 0.3 is 0 Å². The number of fused-ring (bicyclic) bond motifs is 4. The van der Waals surface area contributed by atoms with Crippen molar-refractivity contribution in [1.29, 1.82) is 0 Å². The lowest BCUT2D eigenvalue weighted by Gasteiger charge is -2.21. The lowest BCUT2D eigenvalue weighted by atomic mass is 9.97. The average molecular weight is 621 g/mol. The molecule has 8 nitrogen and oxygen atoms in total. The summed E-state index contributed by atoms with van der Waals surface area (Å²) in [6.45, 7) is 3.95. The summed E-state index contributed by atoms with van der Waals surface area (Å²) < 4.78 is 19.0. The molecule has 3 unspecified atom stereocenters. The van der Waals surface area contributed by atoms with Gasteiger partial charge in [-0.05, 0) is 67.1 Å². The molecule has 12 heteroatoms. The number of hydrogen-bond acceptors (Lipinski definition) is 5. The van der Waals surface area contributed by atoms with Crippen molar-refractivity contribution in [2.24, 2.45) is 5.92 Å². The van der Waals surface area contributed by atoms with Crippen molar-refractivity contribution in [3.05, 3.63) is 110 Å². The van der Waals surface area contributed by atoms with E-state index in [4.69, 9.17) is 39.8 Å². The Kier molecular flexibility index (Phi) is 5.70. The van der Waals surface area contributed by atoms with Gasteiger partial charge in [0.1, 0.15) is 22.5 Å². The maximum absolute atomic E-state index is 15.6. The minimum atomic E-state index is -0.351. The summed E-state index contributed by atoms with van der Waals surface area (Å²) in [5.41, 5.74) is 5.69. The number of aromatic amines is 1. The second kappa shape index (κ2) is 9.29. The molecule has 0 amide bonds. The Bertz CT molecular complexity index is 2030. The van der Waals surface area contributed by atoms with Crippen LogP contribution < -0.4 is 10.9 Å². The fourth-order valence-corrected chi connectivity index (χ4v) is 6.98. The van der Waals surface area contributed by atoms with Gasteiger partial charge < -0.3 is 14.9 Å². The number of H-pyrrole nitrogens is 1. The number of benzene rings is 2. The van der Waals surface area contributed by atoms with Gasteiger partial charge in [-0.15, -0.1) is 5.10 Å². The number of anilines is 1. The summed E-state index contributed by atoms with van der Waals surface area (Å²) in [5.74, 6) is 0.564. The van der Waals surface area contributed by atoms with Gasteiger partial charge in [0.15, 0.2) is 5.15 Å². The molecule has 0 radical (unpaired) electrons. The normalized spacial score (nSPS) is 20.2. The van der Waals surface area contributed by atoms with Crippen molar-refractivity contribution in [2.75, 3.05) is 5.32 Å². The molecule has 2 N–H and O–H groups in total. The maximum Gasteiger partial charge on any atom is 0.252 e. The molecule has 3 aliphatic rings. The highest BCUT2D eigenvalue weighted by Crippen LogP contribution is 2.60. The zero-order valence-corrected chi connectivity index (χ0v) is 24.1. The first-order valence-corrected chi connectivity index (χ1v) is 14.6. The first kappa shape index (κ1) is 25.8. The Hall–Kier alpha value is -3.92. The molecule has 0 bridgehead atoms. The van der Waals surface area contributed by atoms with Gasteiger partial charge in [0, 0.05) is 50.8 Å². The van der Waals surface area contributed by atoms with Crippen molar-refractivity contribution in [2.45, 2.75) is 31.2 Å². The molecule has 2 aliphatic heterocycles. The molecule has 0 saturated heterocycles. The van der Waals surface area contributed by atoms with E-state index < -0.39 is 0 Å². The molecule has 1 aliphatic carbocycles. The lowest BCUT2D eigenvalue weighted by Crippen LogP contribution is -2.26. The van der Waals surface area contributed by atoms with E-state index in [9.17, 15) is 4.79 Å². The standard InChI is InChI=1S/C30H21Cl3FN7O/c1-13-2-4-16-21(35-13)6-5-17(26(16)34)27-29(33)37-30(36-27)28-20-11-19(20)23-8-14(9-25(42)41(23)28)18-10-15(31)3-7-22(18)40-12-24(32)38-39-40/h3,5-10,12,19-20,28,35H,1-2,4,11H2,(H,36,37). The van der Waals surface area contributed by atoms with Crippen molar-refractivity contribution >= 4 is 40.5 Å². The van der Waals surface area contributed by atoms with Crippen molar-refractivity contribution < 1.29 is 4.39 Å². The fourth-order valence-electron chi connectivity index (χ4n) is 6.44. The van der Waals surface area contributed by atoms with Gasteiger partial charge in [0.05, 0.1) is 17.9 Å². The SMILES string of the molecule is C=C1CCc2c(ccc(-c3nc(C4C5CC5c5cc(-c6cc(Cl)ccc6-n6cc(Cl)nn6)cc(=O)n54)[nH]c3Cl)c2F)N1. The predicted octanol–water partition coefficient (Wildman–Crippen LogP) is 7.16. The highest BCUT2D eigenvalue weighted by atomic mass is 35.5. The number of halogens is 4. The van der Waals surface area contributed by atoms with E-state index in [1.54, 1.807) is 39.7 Å². The molecule has 42 heavy (non-hydrogen) atoms. The molecule has 210 valence electrons. The van der Waals surface area contributed by atoms with Crippen molar-refractivity contribution in [1.82, 2.24) is 29.5 Å². The summed E-state index contributed by atoms with van der Waals surface area (Å²) in [6, 6.07) is 12.1. The van der Waals surface area contributed by atoms with E-state index >= 15 is 4.39 Å². The Labute approximate surface area is 253 Å². The van der Waals surface area contributed by atoms with E-state index in [-0.39, 0.29) is 39.6 Å². The monoisotopic (exact) mass is 619 g/mol. The van der Waals surface area contributed by atoms with Crippen LogP contribution in [0.5, 0.6) is 0 Å². The van der Waals surface area contributed by atoms with Crippen LogP contribution in [0.3, 0.4) is 0 Å². The molecule has 0 spiro atoms. The maximum atomic E-state index is 15.6. The minimum Gasteiger partial charge on any atom is -0.359 e. The Morgan fingerprint density at radius 1 is 1.05 bits per heavy atom. The molecule has 5 heterocycles. The van der Waals surface area contributed by atoms with Crippen LogP contribution in [0, 0.1) is 11.7 Å². The smallest absolute Gasteiger partial charge is 0.252 e. The Balaban J connectivity index is 1.20. The molecule has 1 fully saturated rings. The van der Waals surface area contributed by atoms with Crippen LogP contribution in [0.1, 0.15) is 41.9 Å². The van der Waals surface area contributed by atoms with E-state index in [0.717, 1.165) is 23.4 Å². The predicted molar refractivity (Wildman–Crippen MR) is 160 cm³/mol. The summed E-state index contributed by atoms with van der Waals surface area (Å²) in [6.07, 6.45) is 3.71. The number of pyridine rings is 1. The van der Waals surface area contributed by atoms with Gasteiger partial charge in [-0.1, -0.05) is 46.6 Å². The zero-order chi connectivity index (χ0) is 28.9.